The number of aliphatic carboxylic acids is 3. The van der Waals surface area contributed by atoms with Gasteiger partial charge in [0.2, 0.25) is 11.8 Å². The fourth-order valence-electron chi connectivity index (χ4n) is 3.56. The van der Waals surface area contributed by atoms with Gasteiger partial charge < -0.3 is 36.8 Å². The lowest BCUT2D eigenvalue weighted by molar-refractivity contribution is -0.139. The molecule has 0 fully saturated rings. The Balaban J connectivity index is 5.26. The molecule has 0 aromatic carbocycles. The van der Waals surface area contributed by atoms with Gasteiger partial charge in [0, 0.05) is 23.8 Å². The van der Waals surface area contributed by atoms with Gasteiger partial charge in [0.25, 0.3) is 0 Å². The first-order valence-corrected chi connectivity index (χ1v) is 15.5. The van der Waals surface area contributed by atoms with Crippen molar-refractivity contribution in [2.24, 2.45) is 5.73 Å². The summed E-state index contributed by atoms with van der Waals surface area (Å²) in [7, 11) is 0. The fraction of sp³-hybridized carbons (Fsp3) is 0.567. The number of allylic oxidation sites excluding steroid dienone is 7. The molecule has 0 heterocycles. The zero-order chi connectivity index (χ0) is 32.5. The van der Waals surface area contributed by atoms with Gasteiger partial charge in [-0.25, -0.2) is 0 Å². The average molecular weight is 626 g/mol. The Kier molecular flexibility index (Phi) is 23.1. The van der Waals surface area contributed by atoms with Crippen molar-refractivity contribution >= 4 is 41.5 Å². The van der Waals surface area contributed by atoms with Crippen LogP contribution in [0.2, 0.25) is 0 Å². The van der Waals surface area contributed by atoms with Crippen LogP contribution in [0.5, 0.6) is 0 Å². The Morgan fingerprint density at radius 3 is 2.23 bits per heavy atom. The van der Waals surface area contributed by atoms with E-state index in [2.05, 4.69) is 29.7 Å². The number of amides is 2. The molecule has 12 nitrogen and oxygen atoms in total. The number of thioether (sulfide) groups is 1. The lowest BCUT2D eigenvalue weighted by Crippen LogP contribution is -2.50. The highest BCUT2D eigenvalue weighted by molar-refractivity contribution is 8.00. The molecule has 8 N–H and O–H groups in total. The number of nitrogens with one attached hydrogen (secondary N) is 2. The molecule has 0 saturated carbocycles. The lowest BCUT2D eigenvalue weighted by atomic mass is 10.1. The largest absolute Gasteiger partial charge is 0.481 e. The second kappa shape index (κ2) is 25.1. The number of nitrogens with two attached hydrogens (primary N) is 1. The van der Waals surface area contributed by atoms with Crippen molar-refractivity contribution in [3.8, 4) is 0 Å². The van der Waals surface area contributed by atoms with Gasteiger partial charge in [0.05, 0.1) is 6.10 Å². The van der Waals surface area contributed by atoms with Crippen LogP contribution in [0.25, 0.3) is 0 Å². The third-order valence-corrected chi connectivity index (χ3v) is 7.46. The zero-order valence-electron chi connectivity index (χ0n) is 24.7. The van der Waals surface area contributed by atoms with E-state index in [9.17, 15) is 29.1 Å². The van der Waals surface area contributed by atoms with E-state index in [-0.39, 0.29) is 31.4 Å². The highest BCUT2D eigenvalue weighted by atomic mass is 32.2. The van der Waals surface area contributed by atoms with Gasteiger partial charge >= 0.3 is 17.9 Å². The van der Waals surface area contributed by atoms with E-state index in [1.54, 1.807) is 18.2 Å². The number of aliphatic hydroxyl groups excluding tert-OH is 1. The number of aliphatic hydroxyl groups is 1. The second-order valence-corrected chi connectivity index (χ2v) is 11.0. The van der Waals surface area contributed by atoms with Gasteiger partial charge in [-0.2, -0.15) is 11.8 Å². The van der Waals surface area contributed by atoms with Crippen molar-refractivity contribution in [1.29, 1.82) is 0 Å². The van der Waals surface area contributed by atoms with Gasteiger partial charge in [-0.3, -0.25) is 24.0 Å². The summed E-state index contributed by atoms with van der Waals surface area (Å²) in [6.07, 6.45) is 19.4. The summed E-state index contributed by atoms with van der Waals surface area (Å²) in [5.74, 6) is -5.03. The number of hydrogen-bond donors (Lipinski definition) is 7. The molecule has 0 rings (SSSR count). The molecule has 43 heavy (non-hydrogen) atoms. The van der Waals surface area contributed by atoms with Crippen molar-refractivity contribution in [1.82, 2.24) is 10.6 Å². The van der Waals surface area contributed by atoms with E-state index in [0.29, 0.717) is 6.42 Å². The van der Waals surface area contributed by atoms with Crippen molar-refractivity contribution in [3.05, 3.63) is 48.6 Å². The first-order chi connectivity index (χ1) is 20.5. The maximum Gasteiger partial charge on any atom is 0.322 e. The quantitative estimate of drug-likeness (QED) is 0.0444. The molecule has 0 aliphatic rings. The third-order valence-electron chi connectivity index (χ3n) is 5.99. The highest BCUT2D eigenvalue weighted by Gasteiger charge is 2.26. The van der Waals surface area contributed by atoms with Crippen LogP contribution in [0.3, 0.4) is 0 Å². The monoisotopic (exact) mass is 625 g/mol. The maximum absolute atomic E-state index is 12.6. The molecule has 13 heteroatoms. The summed E-state index contributed by atoms with van der Waals surface area (Å²) in [5, 5.41) is 41.7. The predicted molar refractivity (Wildman–Crippen MR) is 166 cm³/mol. The summed E-state index contributed by atoms with van der Waals surface area (Å²) in [6.45, 7) is 1.49. The van der Waals surface area contributed by atoms with Crippen LogP contribution < -0.4 is 16.4 Å². The number of unbranched alkanes of at least 4 members (excludes halogenated alkanes) is 3. The number of carbonyl (C=O) groups excluding carboxylic acids is 2. The molecule has 0 aromatic heterocycles. The molecule has 2 unspecified atom stereocenters. The minimum Gasteiger partial charge on any atom is -0.481 e. The maximum atomic E-state index is 12.6. The molecule has 242 valence electrons. The standard InChI is InChI=1S/C30H47N3O9S/c1-2-3-4-5-6-7-8-9-10-11-12-13-15-24(34)25(16-14-17-27(36)37)43-21-23(29(40)32-20-28(38)39)33-26(35)19-18-22(31)30(41)42/h6-7,9-13,15,22-25,34H,2-5,8,14,16-21,31H2,1H3,(H,32,40)(H,33,35)(H,36,37)(H,38,39)(H,41,42)/b7-6?,10-9?,12-11-,15-13+/t22?,23?,24-,25+/m1/s1. The van der Waals surface area contributed by atoms with Crippen LogP contribution >= 0.6 is 11.8 Å². The molecule has 0 aliphatic heterocycles. The van der Waals surface area contributed by atoms with Gasteiger partial charge in [-0.05, 0) is 38.5 Å². The highest BCUT2D eigenvalue weighted by Crippen LogP contribution is 2.23. The predicted octanol–water partition coefficient (Wildman–Crippen LogP) is 2.78. The molecule has 0 aromatic rings. The lowest BCUT2D eigenvalue weighted by Gasteiger charge is -2.24. The molecule has 0 spiro atoms. The van der Waals surface area contributed by atoms with E-state index in [0.717, 1.165) is 24.6 Å². The Hall–Kier alpha value is -3.42. The van der Waals surface area contributed by atoms with Crippen molar-refractivity contribution in [2.75, 3.05) is 12.3 Å². The molecule has 0 bridgehead atoms. The van der Waals surface area contributed by atoms with Crippen LogP contribution in [-0.2, 0) is 24.0 Å². The second-order valence-electron chi connectivity index (χ2n) is 9.76. The molecular weight excluding hydrogens is 578 g/mol. The Morgan fingerprint density at radius 2 is 1.58 bits per heavy atom. The van der Waals surface area contributed by atoms with Gasteiger partial charge in [0.15, 0.2) is 0 Å². The summed E-state index contributed by atoms with van der Waals surface area (Å²) in [5.41, 5.74) is 5.43. The number of carboxylic acid groups (broad SMARTS) is 3. The summed E-state index contributed by atoms with van der Waals surface area (Å²) >= 11 is 1.13. The van der Waals surface area contributed by atoms with Crippen molar-refractivity contribution in [3.63, 3.8) is 0 Å². The van der Waals surface area contributed by atoms with Gasteiger partial charge in [-0.1, -0.05) is 68.4 Å². The molecule has 0 radical (unpaired) electrons. The Morgan fingerprint density at radius 1 is 0.860 bits per heavy atom. The SMILES string of the molecule is CCCCCC=CCC=C/C=C\C=C\[C@@H](O)[C@H](CCCC(=O)O)SCC(NC(=O)CCC(N)C(=O)O)C(=O)NCC(=O)O. The third kappa shape index (κ3) is 22.8. The fourth-order valence-corrected chi connectivity index (χ4v) is 4.86. The smallest absolute Gasteiger partial charge is 0.322 e. The van der Waals surface area contributed by atoms with E-state index >= 15 is 0 Å². The Bertz CT molecular complexity index is 982. The minimum atomic E-state index is -1.28. The number of rotatable bonds is 25. The topological polar surface area (TPSA) is 216 Å². The van der Waals surface area contributed by atoms with E-state index in [1.807, 2.05) is 18.2 Å². The molecule has 0 saturated heterocycles. The molecule has 2 amide bonds. The first-order valence-electron chi connectivity index (χ1n) is 14.4. The molecule has 4 atom stereocenters. The van der Waals surface area contributed by atoms with E-state index in [4.69, 9.17) is 21.1 Å². The summed E-state index contributed by atoms with van der Waals surface area (Å²) in [6, 6.07) is -2.46. The Labute approximate surface area is 257 Å². The van der Waals surface area contributed by atoms with E-state index in [1.165, 1.54) is 19.3 Å². The summed E-state index contributed by atoms with van der Waals surface area (Å²) < 4.78 is 0. The van der Waals surface area contributed by atoms with Gasteiger partial charge in [0.1, 0.15) is 18.6 Å². The number of carbonyl (C=O) groups is 5. The van der Waals surface area contributed by atoms with E-state index < -0.39 is 59.7 Å². The molecular formula is C30H47N3O9S. The first kappa shape index (κ1) is 39.6. The normalized spacial score (nSPS) is 14.7. The van der Waals surface area contributed by atoms with Crippen LogP contribution in [0, 0.1) is 0 Å². The average Bonchev–Trinajstić information content (AvgIpc) is 2.95. The van der Waals surface area contributed by atoms with Crippen molar-refractivity contribution in [2.45, 2.75) is 94.6 Å². The molecule has 0 aliphatic carbocycles. The van der Waals surface area contributed by atoms with Crippen LogP contribution in [0.1, 0.15) is 71.1 Å². The number of carboxylic acids is 3. The summed E-state index contributed by atoms with van der Waals surface area (Å²) in [4.78, 5) is 57.8. The van der Waals surface area contributed by atoms with Crippen LogP contribution in [0.15, 0.2) is 48.6 Å². The minimum absolute atomic E-state index is 0.0602. The van der Waals surface area contributed by atoms with Gasteiger partial charge in [-0.15, -0.1) is 0 Å². The van der Waals surface area contributed by atoms with Crippen LogP contribution in [-0.4, -0.2) is 85.9 Å². The van der Waals surface area contributed by atoms with Crippen molar-refractivity contribution < 1.29 is 44.4 Å². The zero-order valence-corrected chi connectivity index (χ0v) is 25.5. The number of hydrogen-bond acceptors (Lipinski definition) is 8. The van der Waals surface area contributed by atoms with Crippen LogP contribution in [0.4, 0.5) is 0 Å².